The number of nitrogens with one attached hydrogen (secondary N) is 1. The molecule has 7 heteroatoms. The summed E-state index contributed by atoms with van der Waals surface area (Å²) in [5.74, 6) is -0.169. The first-order valence-corrected chi connectivity index (χ1v) is 6.98. The molecule has 0 aromatic carbocycles. The predicted molar refractivity (Wildman–Crippen MR) is 70.0 cm³/mol. The monoisotopic (exact) mass is 284 g/mol. The molecule has 0 saturated carbocycles. The molecule has 6 nitrogen and oxygen atoms in total. The number of hydrogen-bond donors (Lipinski definition) is 1. The number of rotatable bonds is 3. The standard InChI is InChI=1S/C12H16N2O4S/c1-12(2,3)18-11(17)7-4-5-19-10-8(13-6-15)9(16)14(7)10/h4,6,8,10H,5H2,1-3H3,(H,13,15)/t8?,10-/m0/s1. The molecule has 2 amide bonds. The Morgan fingerprint density at radius 3 is 2.84 bits per heavy atom. The Morgan fingerprint density at radius 1 is 1.58 bits per heavy atom. The van der Waals surface area contributed by atoms with Crippen molar-refractivity contribution >= 4 is 30.0 Å². The van der Waals surface area contributed by atoms with Gasteiger partial charge in [0.1, 0.15) is 22.7 Å². The molecule has 0 radical (unpaired) electrons. The maximum atomic E-state index is 12.0. The van der Waals surface area contributed by atoms with Crippen molar-refractivity contribution in [2.24, 2.45) is 0 Å². The van der Waals surface area contributed by atoms with Crippen molar-refractivity contribution in [3.8, 4) is 0 Å². The summed E-state index contributed by atoms with van der Waals surface area (Å²) in [6, 6.07) is -0.548. The van der Waals surface area contributed by atoms with Gasteiger partial charge in [-0.1, -0.05) is 0 Å². The van der Waals surface area contributed by atoms with Gasteiger partial charge >= 0.3 is 5.97 Å². The maximum Gasteiger partial charge on any atom is 0.355 e. The zero-order valence-electron chi connectivity index (χ0n) is 11.0. The van der Waals surface area contributed by atoms with Gasteiger partial charge in [-0.05, 0) is 26.8 Å². The number of nitrogens with zero attached hydrogens (tertiary/aromatic N) is 1. The van der Waals surface area contributed by atoms with Gasteiger partial charge in [0.15, 0.2) is 0 Å². The molecule has 19 heavy (non-hydrogen) atoms. The highest BCUT2D eigenvalue weighted by Gasteiger charge is 2.52. The highest BCUT2D eigenvalue weighted by atomic mass is 32.2. The molecular weight excluding hydrogens is 268 g/mol. The highest BCUT2D eigenvalue weighted by molar-refractivity contribution is 8.00. The van der Waals surface area contributed by atoms with Gasteiger partial charge in [0.05, 0.1) is 0 Å². The molecule has 0 aliphatic carbocycles. The van der Waals surface area contributed by atoms with Crippen molar-refractivity contribution in [3.05, 3.63) is 11.8 Å². The lowest BCUT2D eigenvalue weighted by Gasteiger charge is -2.48. The van der Waals surface area contributed by atoms with Crippen molar-refractivity contribution in [2.45, 2.75) is 37.8 Å². The van der Waals surface area contributed by atoms with Crippen LogP contribution in [-0.2, 0) is 19.1 Å². The normalized spacial score (nSPS) is 25.9. The number of carbonyl (C=O) groups is 3. The first-order valence-electron chi connectivity index (χ1n) is 5.93. The van der Waals surface area contributed by atoms with Crippen LogP contribution >= 0.6 is 11.8 Å². The third kappa shape index (κ3) is 2.60. The number of esters is 1. The highest BCUT2D eigenvalue weighted by Crippen LogP contribution is 2.37. The minimum atomic E-state index is -0.605. The summed E-state index contributed by atoms with van der Waals surface area (Å²) in [5.41, 5.74) is -0.334. The molecular formula is C12H16N2O4S. The average molecular weight is 284 g/mol. The maximum absolute atomic E-state index is 12.0. The van der Waals surface area contributed by atoms with Crippen LogP contribution in [0, 0.1) is 0 Å². The van der Waals surface area contributed by atoms with Crippen LogP contribution < -0.4 is 5.32 Å². The van der Waals surface area contributed by atoms with Gasteiger partial charge in [-0.15, -0.1) is 11.8 Å². The molecule has 0 aromatic rings. The fourth-order valence-corrected chi connectivity index (χ4v) is 3.16. The van der Waals surface area contributed by atoms with Crippen molar-refractivity contribution in [3.63, 3.8) is 0 Å². The lowest BCUT2D eigenvalue weighted by atomic mass is 10.1. The molecule has 0 bridgehead atoms. The van der Waals surface area contributed by atoms with E-state index in [0.717, 1.165) is 0 Å². The summed E-state index contributed by atoms with van der Waals surface area (Å²) in [7, 11) is 0. The Kier molecular flexibility index (Phi) is 3.58. The van der Waals surface area contributed by atoms with Crippen molar-refractivity contribution in [1.29, 1.82) is 0 Å². The van der Waals surface area contributed by atoms with Gasteiger partial charge in [0, 0.05) is 5.75 Å². The zero-order chi connectivity index (χ0) is 14.2. The van der Waals surface area contributed by atoms with Crippen LogP contribution in [0.1, 0.15) is 20.8 Å². The molecule has 1 saturated heterocycles. The lowest BCUT2D eigenvalue weighted by molar-refractivity contribution is -0.158. The summed E-state index contributed by atoms with van der Waals surface area (Å²) in [4.78, 5) is 35.8. The fourth-order valence-electron chi connectivity index (χ4n) is 1.95. The Bertz CT molecular complexity index is 455. The molecule has 2 aliphatic heterocycles. The second kappa shape index (κ2) is 4.88. The molecule has 0 aromatic heterocycles. The van der Waals surface area contributed by atoms with E-state index in [1.165, 1.54) is 16.7 Å². The van der Waals surface area contributed by atoms with Crippen molar-refractivity contribution in [1.82, 2.24) is 10.2 Å². The molecule has 1 N–H and O–H groups in total. The number of fused-ring (bicyclic) bond motifs is 1. The molecule has 1 fully saturated rings. The fraction of sp³-hybridized carbons (Fsp3) is 0.583. The largest absolute Gasteiger partial charge is 0.455 e. The predicted octanol–water partition coefficient (Wildman–Crippen LogP) is 0.242. The van der Waals surface area contributed by atoms with Crippen LogP contribution in [0.4, 0.5) is 0 Å². The Labute approximate surface area is 115 Å². The lowest BCUT2D eigenvalue weighted by Crippen LogP contribution is -2.69. The van der Waals surface area contributed by atoms with E-state index < -0.39 is 17.6 Å². The quantitative estimate of drug-likeness (QED) is 0.456. The third-order valence-electron chi connectivity index (χ3n) is 2.70. The Morgan fingerprint density at radius 2 is 2.26 bits per heavy atom. The van der Waals surface area contributed by atoms with Crippen LogP contribution in [0.5, 0.6) is 0 Å². The summed E-state index contributed by atoms with van der Waals surface area (Å²) in [5, 5.41) is 2.25. The van der Waals surface area contributed by atoms with E-state index in [9.17, 15) is 14.4 Å². The SMILES string of the molecule is CC(C)(C)OC(=O)C1=CCS[C@H]2C(NC=O)C(=O)N12. The van der Waals surface area contributed by atoms with E-state index in [1.807, 2.05) is 0 Å². The van der Waals surface area contributed by atoms with Gasteiger partial charge in [0.25, 0.3) is 5.91 Å². The number of β-lactam (4-membered cyclic amide) rings is 1. The van der Waals surface area contributed by atoms with Gasteiger partial charge in [-0.2, -0.15) is 0 Å². The minimum Gasteiger partial charge on any atom is -0.455 e. The summed E-state index contributed by atoms with van der Waals surface area (Å²) < 4.78 is 5.27. The third-order valence-corrected chi connectivity index (χ3v) is 3.89. The van der Waals surface area contributed by atoms with E-state index in [-0.39, 0.29) is 17.0 Å². The molecule has 2 aliphatic rings. The smallest absolute Gasteiger partial charge is 0.355 e. The first-order chi connectivity index (χ1) is 8.85. The molecule has 2 rings (SSSR count). The number of amides is 2. The minimum absolute atomic E-state index is 0.217. The summed E-state index contributed by atoms with van der Waals surface area (Å²) >= 11 is 1.50. The van der Waals surface area contributed by atoms with E-state index in [2.05, 4.69) is 5.32 Å². The number of carbonyl (C=O) groups excluding carboxylic acids is 3. The number of hydrogen-bond acceptors (Lipinski definition) is 5. The van der Waals surface area contributed by atoms with E-state index in [0.29, 0.717) is 12.2 Å². The van der Waals surface area contributed by atoms with Crippen LogP contribution in [-0.4, -0.2) is 46.0 Å². The molecule has 1 unspecified atom stereocenters. The second-order valence-corrected chi connectivity index (χ2v) is 6.44. The van der Waals surface area contributed by atoms with Crippen LogP contribution in [0.2, 0.25) is 0 Å². The topological polar surface area (TPSA) is 75.7 Å². The second-order valence-electron chi connectivity index (χ2n) is 5.29. The molecule has 0 spiro atoms. The summed E-state index contributed by atoms with van der Waals surface area (Å²) in [6.07, 6.45) is 2.19. The van der Waals surface area contributed by atoms with Crippen molar-refractivity contribution in [2.75, 3.05) is 5.75 Å². The van der Waals surface area contributed by atoms with Gasteiger partial charge in [-0.3, -0.25) is 14.5 Å². The zero-order valence-corrected chi connectivity index (χ0v) is 11.8. The van der Waals surface area contributed by atoms with E-state index in [1.54, 1.807) is 26.8 Å². The Hall–Kier alpha value is -1.50. The molecule has 2 atom stereocenters. The first kappa shape index (κ1) is 13.9. The van der Waals surface area contributed by atoms with Gasteiger partial charge < -0.3 is 10.1 Å². The number of ether oxygens (including phenoxy) is 1. The van der Waals surface area contributed by atoms with Crippen LogP contribution in [0.3, 0.4) is 0 Å². The van der Waals surface area contributed by atoms with Gasteiger partial charge in [-0.25, -0.2) is 4.79 Å². The van der Waals surface area contributed by atoms with Crippen molar-refractivity contribution < 1.29 is 19.1 Å². The van der Waals surface area contributed by atoms with Crippen LogP contribution in [0.25, 0.3) is 0 Å². The average Bonchev–Trinajstić information content (AvgIpc) is 2.32. The number of thioether (sulfide) groups is 1. The van der Waals surface area contributed by atoms with Gasteiger partial charge in [0.2, 0.25) is 6.41 Å². The van der Waals surface area contributed by atoms with E-state index in [4.69, 9.17) is 4.74 Å². The summed E-state index contributed by atoms with van der Waals surface area (Å²) in [6.45, 7) is 5.32. The molecule has 104 valence electrons. The van der Waals surface area contributed by atoms with E-state index >= 15 is 0 Å². The molecule has 2 heterocycles. The van der Waals surface area contributed by atoms with Crippen LogP contribution in [0.15, 0.2) is 11.8 Å². The Balaban J connectivity index is 2.12.